The number of fused-ring (bicyclic) bond motifs is 3. The van der Waals surface area contributed by atoms with Gasteiger partial charge in [-0.2, -0.15) is 13.2 Å². The SMILES string of the molecule is CCCCCCSc1ccc([C@@H]2[C@H]3C(=O)N(C)C(=O)[C@H]3[C@]3(C(=O)OC)CCCCN23)cc1OC.O=C(O)C(F)(F)F. The highest BCUT2D eigenvalue weighted by atomic mass is 32.2. The van der Waals surface area contributed by atoms with E-state index in [1.807, 2.05) is 12.1 Å². The Morgan fingerprint density at radius 2 is 1.80 bits per heavy atom. The summed E-state index contributed by atoms with van der Waals surface area (Å²) >= 11 is 1.78. The largest absolute Gasteiger partial charge is 0.496 e. The van der Waals surface area contributed by atoms with Gasteiger partial charge in [-0.05, 0) is 55.7 Å². The molecule has 1 N–H and O–H groups in total. The molecule has 3 fully saturated rings. The summed E-state index contributed by atoms with van der Waals surface area (Å²) in [6.45, 7) is 2.85. The van der Waals surface area contributed by atoms with Gasteiger partial charge in [0.05, 0.1) is 26.1 Å². The Bertz CT molecular complexity index is 1150. The number of rotatable bonds is 9. The standard InChI is InChI=1S/C26H36N2O5S.C2HF3O2/c1-5-6-7-10-15-34-19-12-11-17(16-18(19)32-3)22-20-21(24(30)27(2)23(20)29)26(25(31)33-4)13-8-9-14-28(22)26;3-2(4,5)1(6)7/h11-12,16,20-22H,5-10,13-15H2,1-4H3;(H,6,7)/t20-,21-,22+,26-;/m0./s1. The fraction of sp³-hybridized carbons (Fsp3) is 0.643. The molecule has 0 aromatic heterocycles. The molecule has 1 aromatic rings. The molecule has 3 heterocycles. The number of halogens is 3. The number of hydrogen-bond acceptors (Lipinski definition) is 8. The molecule has 0 radical (unpaired) electrons. The van der Waals surface area contributed by atoms with Crippen molar-refractivity contribution in [3.63, 3.8) is 0 Å². The van der Waals surface area contributed by atoms with E-state index in [0.29, 0.717) is 13.0 Å². The number of likely N-dealkylation sites (tertiary alicyclic amines) is 1. The molecular formula is C28H37F3N2O7S. The molecule has 0 aliphatic carbocycles. The van der Waals surface area contributed by atoms with Gasteiger partial charge in [-0.15, -0.1) is 11.8 Å². The third-order valence-electron chi connectivity index (χ3n) is 8.05. The zero-order valence-electron chi connectivity index (χ0n) is 23.7. The Morgan fingerprint density at radius 1 is 1.12 bits per heavy atom. The van der Waals surface area contributed by atoms with E-state index >= 15 is 0 Å². The number of alkyl halides is 3. The molecule has 41 heavy (non-hydrogen) atoms. The number of unbranched alkanes of at least 4 members (excludes halogenated alkanes) is 3. The zero-order valence-corrected chi connectivity index (χ0v) is 24.5. The highest BCUT2D eigenvalue weighted by molar-refractivity contribution is 7.99. The lowest BCUT2D eigenvalue weighted by Gasteiger charge is -2.44. The van der Waals surface area contributed by atoms with Crippen molar-refractivity contribution in [2.75, 3.05) is 33.6 Å². The van der Waals surface area contributed by atoms with Crippen LogP contribution >= 0.6 is 11.8 Å². The van der Waals surface area contributed by atoms with Crippen molar-refractivity contribution in [1.29, 1.82) is 0 Å². The number of carbonyl (C=O) groups excluding carboxylic acids is 3. The number of aliphatic carboxylic acids is 1. The first-order valence-electron chi connectivity index (χ1n) is 13.6. The smallest absolute Gasteiger partial charge is 0.490 e. The fourth-order valence-electron chi connectivity index (χ4n) is 6.20. The van der Waals surface area contributed by atoms with E-state index < -0.39 is 35.5 Å². The Hall–Kier alpha value is -2.80. The van der Waals surface area contributed by atoms with E-state index in [0.717, 1.165) is 41.2 Å². The molecule has 13 heteroatoms. The molecule has 0 saturated carbocycles. The molecule has 0 spiro atoms. The van der Waals surface area contributed by atoms with E-state index in [1.54, 1.807) is 18.9 Å². The van der Waals surface area contributed by atoms with Crippen LogP contribution in [-0.4, -0.2) is 83.9 Å². The second kappa shape index (κ2) is 13.5. The van der Waals surface area contributed by atoms with Crippen molar-refractivity contribution in [2.24, 2.45) is 11.8 Å². The van der Waals surface area contributed by atoms with Gasteiger partial charge in [0.25, 0.3) is 0 Å². The second-order valence-corrected chi connectivity index (χ2v) is 11.5. The average Bonchev–Trinajstić information content (AvgIpc) is 3.38. The molecule has 0 unspecified atom stereocenters. The van der Waals surface area contributed by atoms with Gasteiger partial charge in [-0.25, -0.2) is 4.79 Å². The molecule has 3 aliphatic rings. The lowest BCUT2D eigenvalue weighted by molar-refractivity contribution is -0.192. The highest BCUT2D eigenvalue weighted by Gasteiger charge is 2.72. The molecule has 9 nitrogen and oxygen atoms in total. The summed E-state index contributed by atoms with van der Waals surface area (Å²) in [5, 5.41) is 7.12. The van der Waals surface area contributed by atoms with Crippen LogP contribution in [-0.2, 0) is 23.9 Å². The van der Waals surface area contributed by atoms with Gasteiger partial charge in [0.1, 0.15) is 11.3 Å². The number of thioether (sulfide) groups is 1. The van der Waals surface area contributed by atoms with Crippen molar-refractivity contribution in [3.8, 4) is 5.75 Å². The molecule has 228 valence electrons. The highest BCUT2D eigenvalue weighted by Crippen LogP contribution is 2.58. The minimum absolute atomic E-state index is 0.217. The van der Waals surface area contributed by atoms with Gasteiger partial charge in [0.2, 0.25) is 11.8 Å². The molecule has 0 bridgehead atoms. The first kappa shape index (κ1) is 32.7. The third-order valence-corrected chi connectivity index (χ3v) is 9.19. The van der Waals surface area contributed by atoms with Crippen LogP contribution in [0.2, 0.25) is 0 Å². The maximum absolute atomic E-state index is 13.3. The Morgan fingerprint density at radius 3 is 2.39 bits per heavy atom. The van der Waals surface area contributed by atoms with Gasteiger partial charge in [0.15, 0.2) is 0 Å². The number of benzene rings is 1. The predicted molar refractivity (Wildman–Crippen MR) is 144 cm³/mol. The van der Waals surface area contributed by atoms with Gasteiger partial charge in [0, 0.05) is 18.0 Å². The molecule has 3 saturated heterocycles. The molecule has 1 aromatic carbocycles. The van der Waals surface area contributed by atoms with E-state index in [4.69, 9.17) is 19.4 Å². The maximum atomic E-state index is 13.3. The number of carbonyl (C=O) groups is 4. The summed E-state index contributed by atoms with van der Waals surface area (Å²) in [7, 11) is 4.55. The topological polar surface area (TPSA) is 113 Å². The molecule has 4 rings (SSSR count). The minimum atomic E-state index is -5.08. The van der Waals surface area contributed by atoms with Crippen molar-refractivity contribution >= 4 is 35.5 Å². The molecular weight excluding hydrogens is 565 g/mol. The first-order chi connectivity index (χ1) is 19.4. The normalized spacial score (nSPS) is 25.7. The lowest BCUT2D eigenvalue weighted by atomic mass is 9.75. The minimum Gasteiger partial charge on any atom is -0.496 e. The van der Waals surface area contributed by atoms with E-state index in [1.165, 1.54) is 38.3 Å². The van der Waals surface area contributed by atoms with Crippen LogP contribution < -0.4 is 4.74 Å². The van der Waals surface area contributed by atoms with Gasteiger partial charge in [-0.1, -0.05) is 32.3 Å². The van der Waals surface area contributed by atoms with Crippen molar-refractivity contribution in [3.05, 3.63) is 23.8 Å². The number of ether oxygens (including phenoxy) is 2. The van der Waals surface area contributed by atoms with Crippen LogP contribution in [0.25, 0.3) is 0 Å². The fourth-order valence-corrected chi connectivity index (χ4v) is 7.22. The second-order valence-electron chi connectivity index (χ2n) is 10.4. The number of amides is 2. The van der Waals surface area contributed by atoms with E-state index in [2.05, 4.69) is 17.9 Å². The average molecular weight is 603 g/mol. The van der Waals surface area contributed by atoms with Crippen LogP contribution in [0.4, 0.5) is 13.2 Å². The quantitative estimate of drug-likeness (QED) is 0.186. The Balaban J connectivity index is 0.000000587. The van der Waals surface area contributed by atoms with Crippen LogP contribution in [0, 0.1) is 11.8 Å². The number of nitrogens with zero attached hydrogens (tertiary/aromatic N) is 2. The molecule has 4 atom stereocenters. The van der Waals surface area contributed by atoms with Crippen LogP contribution in [0.3, 0.4) is 0 Å². The number of carboxylic acid groups (broad SMARTS) is 1. The van der Waals surface area contributed by atoms with Crippen LogP contribution in [0.1, 0.15) is 63.5 Å². The summed E-state index contributed by atoms with van der Waals surface area (Å²) in [5.41, 5.74) is -0.189. The maximum Gasteiger partial charge on any atom is 0.490 e. The van der Waals surface area contributed by atoms with Gasteiger partial charge < -0.3 is 14.6 Å². The first-order valence-corrected chi connectivity index (χ1v) is 14.6. The van der Waals surface area contributed by atoms with Crippen molar-refractivity contribution < 1.29 is 46.9 Å². The van der Waals surface area contributed by atoms with Crippen molar-refractivity contribution in [1.82, 2.24) is 9.80 Å². The number of carboxylic acids is 1. The predicted octanol–water partition coefficient (Wildman–Crippen LogP) is 4.68. The van der Waals surface area contributed by atoms with Crippen LogP contribution in [0.15, 0.2) is 23.1 Å². The third kappa shape index (κ3) is 6.35. The number of esters is 1. The molecule has 3 aliphatic heterocycles. The summed E-state index contributed by atoms with van der Waals surface area (Å²) in [4.78, 5) is 53.1. The Kier molecular flexibility index (Phi) is 10.7. The van der Waals surface area contributed by atoms with E-state index in [9.17, 15) is 27.6 Å². The van der Waals surface area contributed by atoms with Crippen LogP contribution in [0.5, 0.6) is 5.75 Å². The van der Waals surface area contributed by atoms with E-state index in [-0.39, 0.29) is 17.9 Å². The number of methoxy groups -OCH3 is 2. The molecule has 2 amide bonds. The number of imide groups is 1. The Labute approximate surface area is 241 Å². The number of hydrogen-bond donors (Lipinski definition) is 1. The lowest BCUT2D eigenvalue weighted by Crippen LogP contribution is -2.59. The van der Waals surface area contributed by atoms with Gasteiger partial charge in [-0.3, -0.25) is 24.2 Å². The summed E-state index contributed by atoms with van der Waals surface area (Å²) in [6.07, 6.45) is 2.02. The summed E-state index contributed by atoms with van der Waals surface area (Å²) < 4.78 is 42.7. The summed E-state index contributed by atoms with van der Waals surface area (Å²) in [6, 6.07) is 5.72. The zero-order chi connectivity index (χ0) is 30.5. The summed E-state index contributed by atoms with van der Waals surface area (Å²) in [5.74, 6) is -3.19. The monoisotopic (exact) mass is 602 g/mol. The van der Waals surface area contributed by atoms with Crippen molar-refractivity contribution in [2.45, 2.75) is 74.5 Å². The van der Waals surface area contributed by atoms with Gasteiger partial charge >= 0.3 is 18.1 Å². The number of piperidine rings is 1.